The molecule has 1 aromatic carbocycles. The first-order valence-corrected chi connectivity index (χ1v) is 5.64. The zero-order valence-electron chi connectivity index (χ0n) is 11.2. The van der Waals surface area contributed by atoms with E-state index in [1.165, 1.54) is 14.2 Å². The normalized spacial score (nSPS) is 11.3. The minimum atomic E-state index is -0.703. The van der Waals surface area contributed by atoms with Gasteiger partial charge in [-0.05, 0) is 18.2 Å². The van der Waals surface area contributed by atoms with Gasteiger partial charge in [-0.2, -0.15) is 0 Å². The molecule has 0 bridgehead atoms. The number of benzene rings is 1. The summed E-state index contributed by atoms with van der Waals surface area (Å²) in [6, 6.07) is 4.48. The zero-order chi connectivity index (χ0) is 14.3. The number of nitrogens with one attached hydrogen (secondary N) is 1. The van der Waals surface area contributed by atoms with Crippen LogP contribution in [-0.4, -0.2) is 33.8 Å². The highest BCUT2D eigenvalue weighted by Crippen LogP contribution is 2.30. The molecular weight excluding hydrogens is 246 g/mol. The number of rotatable bonds is 6. The first-order valence-electron chi connectivity index (χ1n) is 5.64. The number of hydrogen-bond donors (Lipinski definition) is 1. The van der Waals surface area contributed by atoms with Gasteiger partial charge in [-0.1, -0.05) is 5.92 Å². The molecular formula is C14H17NO4. The predicted octanol–water partition coefficient (Wildman–Crippen LogP) is 1.14. The van der Waals surface area contributed by atoms with E-state index in [0.717, 1.165) is 0 Å². The van der Waals surface area contributed by atoms with Gasteiger partial charge in [-0.3, -0.25) is 5.32 Å². The molecule has 1 unspecified atom stereocenters. The molecule has 102 valence electrons. The van der Waals surface area contributed by atoms with Crippen molar-refractivity contribution in [1.82, 2.24) is 5.32 Å². The van der Waals surface area contributed by atoms with Gasteiger partial charge >= 0.3 is 5.97 Å². The van der Waals surface area contributed by atoms with Crippen LogP contribution in [-0.2, 0) is 9.53 Å². The molecule has 1 rings (SSSR count). The molecule has 1 aromatic rings. The molecule has 0 radical (unpaired) electrons. The molecule has 1 atom stereocenters. The van der Waals surface area contributed by atoms with Crippen molar-refractivity contribution >= 4 is 5.97 Å². The Morgan fingerprint density at radius 1 is 1.37 bits per heavy atom. The Bertz CT molecular complexity index is 479. The minimum Gasteiger partial charge on any atom is -0.497 e. The van der Waals surface area contributed by atoms with Crippen LogP contribution in [0.25, 0.3) is 0 Å². The molecule has 0 fully saturated rings. The van der Waals surface area contributed by atoms with Gasteiger partial charge in [0, 0.05) is 5.56 Å². The topological polar surface area (TPSA) is 56.8 Å². The smallest absolute Gasteiger partial charge is 0.327 e. The van der Waals surface area contributed by atoms with Gasteiger partial charge in [0.05, 0.1) is 27.9 Å². The molecule has 0 aromatic heterocycles. The van der Waals surface area contributed by atoms with E-state index in [-0.39, 0.29) is 6.54 Å². The van der Waals surface area contributed by atoms with Crippen LogP contribution in [0.15, 0.2) is 18.2 Å². The summed E-state index contributed by atoms with van der Waals surface area (Å²) in [6.45, 7) is 0.236. The lowest BCUT2D eigenvalue weighted by molar-refractivity contribution is -0.143. The fourth-order valence-electron chi connectivity index (χ4n) is 1.66. The second kappa shape index (κ2) is 7.29. The lowest BCUT2D eigenvalue weighted by atomic mass is 10.1. The Balaban J connectivity index is 3.18. The van der Waals surface area contributed by atoms with Crippen molar-refractivity contribution in [1.29, 1.82) is 0 Å². The summed E-state index contributed by atoms with van der Waals surface area (Å²) in [5.41, 5.74) is 0.615. The summed E-state index contributed by atoms with van der Waals surface area (Å²) >= 11 is 0. The molecule has 0 aliphatic rings. The SMILES string of the molecule is C#CCNC(C(=O)OC)c1cc(OC)ccc1OC. The second-order valence-corrected chi connectivity index (χ2v) is 3.65. The highest BCUT2D eigenvalue weighted by molar-refractivity contribution is 5.79. The number of carbonyl (C=O) groups excluding carboxylic acids is 1. The number of carbonyl (C=O) groups is 1. The monoisotopic (exact) mass is 263 g/mol. The second-order valence-electron chi connectivity index (χ2n) is 3.65. The van der Waals surface area contributed by atoms with Gasteiger partial charge in [-0.25, -0.2) is 4.79 Å². The number of terminal acetylenes is 1. The third kappa shape index (κ3) is 3.63. The zero-order valence-corrected chi connectivity index (χ0v) is 11.2. The van der Waals surface area contributed by atoms with Crippen molar-refractivity contribution in [2.75, 3.05) is 27.9 Å². The number of ether oxygens (including phenoxy) is 3. The van der Waals surface area contributed by atoms with Crippen molar-refractivity contribution < 1.29 is 19.0 Å². The maximum absolute atomic E-state index is 11.8. The Labute approximate surface area is 112 Å². The average molecular weight is 263 g/mol. The quantitative estimate of drug-likeness (QED) is 0.616. The van der Waals surface area contributed by atoms with E-state index >= 15 is 0 Å². The van der Waals surface area contributed by atoms with E-state index in [2.05, 4.69) is 11.2 Å². The van der Waals surface area contributed by atoms with Gasteiger partial charge in [0.25, 0.3) is 0 Å². The largest absolute Gasteiger partial charge is 0.497 e. The number of esters is 1. The van der Waals surface area contributed by atoms with Gasteiger partial charge in [0.15, 0.2) is 0 Å². The van der Waals surface area contributed by atoms with E-state index in [0.29, 0.717) is 17.1 Å². The molecule has 0 aliphatic carbocycles. The summed E-state index contributed by atoms with van der Waals surface area (Å²) in [5, 5.41) is 2.92. The molecule has 5 heteroatoms. The van der Waals surface area contributed by atoms with Crippen LogP contribution in [0, 0.1) is 12.3 Å². The number of hydrogen-bond acceptors (Lipinski definition) is 5. The lowest BCUT2D eigenvalue weighted by Gasteiger charge is -2.19. The summed E-state index contributed by atoms with van der Waals surface area (Å²) in [5.74, 6) is 3.15. The summed E-state index contributed by atoms with van der Waals surface area (Å²) in [7, 11) is 4.40. The van der Waals surface area contributed by atoms with E-state index in [1.54, 1.807) is 25.3 Å². The van der Waals surface area contributed by atoms with Crippen molar-refractivity contribution in [2.24, 2.45) is 0 Å². The van der Waals surface area contributed by atoms with Crippen molar-refractivity contribution in [3.05, 3.63) is 23.8 Å². The van der Waals surface area contributed by atoms with Gasteiger partial charge in [-0.15, -0.1) is 6.42 Å². The van der Waals surface area contributed by atoms with Gasteiger partial charge in [0.1, 0.15) is 17.5 Å². The Hall–Kier alpha value is -2.19. The van der Waals surface area contributed by atoms with Crippen LogP contribution in [0.1, 0.15) is 11.6 Å². The van der Waals surface area contributed by atoms with Crippen molar-refractivity contribution in [2.45, 2.75) is 6.04 Å². The third-order valence-electron chi connectivity index (χ3n) is 2.59. The Morgan fingerprint density at radius 2 is 2.11 bits per heavy atom. The molecule has 0 spiro atoms. The van der Waals surface area contributed by atoms with Crippen LogP contribution in [0.2, 0.25) is 0 Å². The molecule has 19 heavy (non-hydrogen) atoms. The lowest BCUT2D eigenvalue weighted by Crippen LogP contribution is -2.30. The predicted molar refractivity (Wildman–Crippen MR) is 71.1 cm³/mol. The van der Waals surface area contributed by atoms with Crippen molar-refractivity contribution in [3.8, 4) is 23.8 Å². The van der Waals surface area contributed by atoms with E-state index < -0.39 is 12.0 Å². The van der Waals surface area contributed by atoms with Crippen LogP contribution < -0.4 is 14.8 Å². The van der Waals surface area contributed by atoms with Crippen LogP contribution in [0.5, 0.6) is 11.5 Å². The molecule has 0 saturated carbocycles. The summed E-state index contributed by atoms with van der Waals surface area (Å²) in [4.78, 5) is 11.8. The first-order chi connectivity index (χ1) is 9.17. The van der Waals surface area contributed by atoms with Crippen LogP contribution in [0.3, 0.4) is 0 Å². The third-order valence-corrected chi connectivity index (χ3v) is 2.59. The molecule has 1 N–H and O–H groups in total. The highest BCUT2D eigenvalue weighted by Gasteiger charge is 2.24. The average Bonchev–Trinajstić information content (AvgIpc) is 2.46. The summed E-state index contributed by atoms with van der Waals surface area (Å²) in [6.07, 6.45) is 5.20. The standard InChI is InChI=1S/C14H17NO4/c1-5-8-15-13(14(16)19-4)11-9-10(17-2)6-7-12(11)18-3/h1,6-7,9,13,15H,8H2,2-4H3. The Kier molecular flexibility index (Phi) is 5.71. The van der Waals surface area contributed by atoms with E-state index in [4.69, 9.17) is 20.6 Å². The molecule has 0 saturated heterocycles. The van der Waals surface area contributed by atoms with Crippen LogP contribution in [0.4, 0.5) is 0 Å². The Morgan fingerprint density at radius 3 is 2.63 bits per heavy atom. The van der Waals surface area contributed by atoms with E-state index in [9.17, 15) is 4.79 Å². The van der Waals surface area contributed by atoms with Gasteiger partial charge < -0.3 is 14.2 Å². The first kappa shape index (κ1) is 14.9. The number of methoxy groups -OCH3 is 3. The fourth-order valence-corrected chi connectivity index (χ4v) is 1.66. The molecule has 0 aliphatic heterocycles. The minimum absolute atomic E-state index is 0.236. The van der Waals surface area contributed by atoms with Crippen molar-refractivity contribution in [3.63, 3.8) is 0 Å². The maximum Gasteiger partial charge on any atom is 0.327 e. The van der Waals surface area contributed by atoms with E-state index in [1.807, 2.05) is 0 Å². The summed E-state index contributed by atoms with van der Waals surface area (Å²) < 4.78 is 15.2. The highest BCUT2D eigenvalue weighted by atomic mass is 16.5. The molecule has 0 heterocycles. The molecule has 5 nitrogen and oxygen atoms in total. The van der Waals surface area contributed by atoms with Crippen LogP contribution >= 0.6 is 0 Å². The van der Waals surface area contributed by atoms with Gasteiger partial charge in [0.2, 0.25) is 0 Å². The molecule has 0 amide bonds. The maximum atomic E-state index is 11.8. The fraction of sp³-hybridized carbons (Fsp3) is 0.357.